The fourth-order valence-electron chi connectivity index (χ4n) is 7.56. The van der Waals surface area contributed by atoms with Crippen LogP contribution in [-0.4, -0.2) is 181 Å². The highest BCUT2D eigenvalue weighted by atomic mass is 16.4. The molecule has 1 saturated heterocycles. The van der Waals surface area contributed by atoms with Crippen LogP contribution < -0.4 is 65.9 Å². The Morgan fingerprint density at radius 2 is 1.00 bits per heavy atom. The van der Waals surface area contributed by atoms with Crippen LogP contribution in [0, 0.1) is 0 Å². The average Bonchev–Trinajstić information content (AvgIpc) is 3.83. The molecule has 1 heterocycles. The number of aliphatic hydroxyl groups excluding tert-OH is 1. The van der Waals surface area contributed by atoms with Crippen molar-refractivity contribution < 1.29 is 92.3 Å². The van der Waals surface area contributed by atoms with Gasteiger partial charge in [0.2, 0.25) is 70.9 Å². The van der Waals surface area contributed by atoms with Crippen LogP contribution in [0.15, 0.2) is 30.3 Å². The molecule has 32 nitrogen and oxygen atoms in total. The normalized spacial score (nSPS) is 16.4. The number of aliphatic hydroxyl groups is 1. The first kappa shape index (κ1) is 64.3. The third kappa shape index (κ3) is 22.7. The minimum Gasteiger partial charge on any atom is -0.481 e. The lowest BCUT2D eigenvalue weighted by Gasteiger charge is -2.30. The average molecular weight is 1090 g/mol. The highest BCUT2D eigenvalue weighted by Crippen LogP contribution is 2.21. The van der Waals surface area contributed by atoms with E-state index in [2.05, 4.69) is 31.9 Å². The summed E-state index contributed by atoms with van der Waals surface area (Å²) in [4.78, 5) is 193. The van der Waals surface area contributed by atoms with Gasteiger partial charge < -0.3 is 91.2 Å². The van der Waals surface area contributed by atoms with Crippen molar-refractivity contribution in [2.45, 2.75) is 144 Å². The number of carbonyl (C=O) groups excluding carboxylic acids is 12. The Kier molecular flexibility index (Phi) is 26.0. The van der Waals surface area contributed by atoms with Crippen LogP contribution >= 0.6 is 0 Å². The van der Waals surface area contributed by atoms with Gasteiger partial charge in [-0.3, -0.25) is 67.1 Å². The lowest BCUT2D eigenvalue weighted by atomic mass is 10.0. The summed E-state index contributed by atoms with van der Waals surface area (Å²) in [6, 6.07) is -7.86. The molecule has 12 amide bonds. The zero-order chi connectivity index (χ0) is 58.3. The maximum Gasteiger partial charge on any atom is 0.328 e. The number of hydrogen-bond donors (Lipinski definition) is 16. The number of rotatable bonds is 34. The summed E-state index contributed by atoms with van der Waals surface area (Å²) >= 11 is 0. The van der Waals surface area contributed by atoms with Gasteiger partial charge in [-0.15, -0.1) is 0 Å². The molecule has 77 heavy (non-hydrogen) atoms. The number of nitrogens with one attached hydrogen (secondary N) is 7. The topological polar surface area (TPSA) is 555 Å². The number of aliphatic carboxylic acids is 3. The van der Waals surface area contributed by atoms with Gasteiger partial charge in [0.05, 0.1) is 31.4 Å². The van der Waals surface area contributed by atoms with Crippen molar-refractivity contribution in [3.63, 3.8) is 0 Å². The molecule has 424 valence electrons. The van der Waals surface area contributed by atoms with E-state index in [1.54, 1.807) is 30.3 Å². The van der Waals surface area contributed by atoms with Crippen molar-refractivity contribution in [1.29, 1.82) is 0 Å². The molecule has 32 heteroatoms. The summed E-state index contributed by atoms with van der Waals surface area (Å²) in [6.45, 7) is 0.901. The molecular formula is C45H65N13O19. The molecule has 1 fully saturated rings. The van der Waals surface area contributed by atoms with E-state index in [0.717, 1.165) is 11.8 Å². The fraction of sp³-hybridized carbons (Fsp3) is 0.533. The van der Waals surface area contributed by atoms with E-state index in [-0.39, 0.29) is 38.6 Å². The first-order valence-corrected chi connectivity index (χ1v) is 23.7. The van der Waals surface area contributed by atoms with E-state index in [9.17, 15) is 92.3 Å². The molecule has 0 aliphatic carbocycles. The van der Waals surface area contributed by atoms with Gasteiger partial charge in [-0.05, 0) is 44.6 Å². The highest BCUT2D eigenvalue weighted by Gasteiger charge is 2.41. The summed E-state index contributed by atoms with van der Waals surface area (Å²) in [7, 11) is 0. The number of nitrogens with zero attached hydrogens (tertiary/aromatic N) is 1. The van der Waals surface area contributed by atoms with E-state index in [1.807, 2.05) is 5.32 Å². The molecule has 0 radical (unpaired) electrons. The summed E-state index contributed by atoms with van der Waals surface area (Å²) in [5, 5.41) is 54.1. The van der Waals surface area contributed by atoms with E-state index < -0.39 is 194 Å². The third-order valence-corrected chi connectivity index (χ3v) is 11.5. The second-order valence-electron chi connectivity index (χ2n) is 17.8. The van der Waals surface area contributed by atoms with Gasteiger partial charge in [0.25, 0.3) is 0 Å². The van der Waals surface area contributed by atoms with Crippen molar-refractivity contribution >= 4 is 88.8 Å². The van der Waals surface area contributed by atoms with E-state index in [1.165, 1.54) is 0 Å². The van der Waals surface area contributed by atoms with Gasteiger partial charge in [0.1, 0.15) is 42.3 Å². The van der Waals surface area contributed by atoms with Crippen LogP contribution in [0.25, 0.3) is 0 Å². The molecule has 1 aliphatic heterocycles. The molecule has 1 aromatic carbocycles. The molecule has 0 aromatic heterocycles. The Bertz CT molecular complexity index is 2390. The number of carboxylic acid groups (broad SMARTS) is 3. The Morgan fingerprint density at radius 1 is 0.545 bits per heavy atom. The second-order valence-corrected chi connectivity index (χ2v) is 17.8. The smallest absolute Gasteiger partial charge is 0.328 e. The number of likely N-dealkylation sites (tertiary alicyclic amines) is 1. The second kappa shape index (κ2) is 31.2. The third-order valence-electron chi connectivity index (χ3n) is 11.5. The first-order valence-electron chi connectivity index (χ1n) is 23.7. The molecular weight excluding hydrogens is 1030 g/mol. The zero-order valence-corrected chi connectivity index (χ0v) is 41.6. The summed E-state index contributed by atoms with van der Waals surface area (Å²) in [5.74, 6) is -18.7. The molecule has 0 saturated carbocycles. The van der Waals surface area contributed by atoms with Gasteiger partial charge in [-0.2, -0.15) is 0 Å². The number of nitrogens with two attached hydrogens (primary N) is 5. The summed E-state index contributed by atoms with van der Waals surface area (Å²) in [5.41, 5.74) is 27.2. The van der Waals surface area contributed by atoms with Crippen LogP contribution in [0.5, 0.6) is 0 Å². The largest absolute Gasteiger partial charge is 0.481 e. The number of benzene rings is 1. The first-order chi connectivity index (χ1) is 36.0. The molecule has 0 spiro atoms. The van der Waals surface area contributed by atoms with Crippen molar-refractivity contribution in [2.75, 3.05) is 6.54 Å². The quantitative estimate of drug-likeness (QED) is 0.0305. The minimum absolute atomic E-state index is 0.0640. The van der Waals surface area contributed by atoms with Crippen molar-refractivity contribution in [2.24, 2.45) is 28.7 Å². The zero-order valence-electron chi connectivity index (χ0n) is 41.6. The Hall–Kier alpha value is -8.81. The molecule has 1 aromatic rings. The summed E-state index contributed by atoms with van der Waals surface area (Å²) < 4.78 is 0. The van der Waals surface area contributed by atoms with Gasteiger partial charge in [0.15, 0.2) is 6.04 Å². The maximum absolute atomic E-state index is 14.1. The van der Waals surface area contributed by atoms with Crippen LogP contribution in [-0.2, 0) is 78.3 Å². The molecule has 10 atom stereocenters. The Balaban J connectivity index is 2.43. The van der Waals surface area contributed by atoms with E-state index in [0.29, 0.717) is 5.56 Å². The van der Waals surface area contributed by atoms with Gasteiger partial charge in [0, 0.05) is 32.2 Å². The van der Waals surface area contributed by atoms with Crippen molar-refractivity contribution in [3.8, 4) is 0 Å². The van der Waals surface area contributed by atoms with Gasteiger partial charge in [-0.1, -0.05) is 30.3 Å². The predicted octanol–water partition coefficient (Wildman–Crippen LogP) is -7.97. The molecule has 0 unspecified atom stereocenters. The Morgan fingerprint density at radius 3 is 1.47 bits per heavy atom. The standard InChI is InChI=1S/C45H65N13O19/c1-20(59)36(45(76)77)57-42(73)25(16-21-6-3-2-4-7-21)55-43(74)29-8-5-15-58(29)44(75)28(19-35(66)67)56-39(70)24(11-14-34(64)65)52-40(71)26(17-32(49)62)54-41(72)27(18-33(50)63)53-38(69)23(10-13-31(48)61)51-37(68)22(46)9-12-30(47)60/h2-4,6-7,20,22-29,36,59H,5,8-19,46H2,1H3,(H2,47,60)(H2,48,61)(H2,49,62)(H2,50,63)(H,51,68)(H,52,71)(H,53,69)(H,54,72)(H,55,74)(H,56,70)(H,57,73)(H,64,65)(H,66,67)(H,76,77)/t20-,22+,23+,24+,25+,26+,27+,28+,29+,36+/m1/s1. The molecule has 0 bridgehead atoms. The monoisotopic (exact) mass is 1090 g/mol. The van der Waals surface area contributed by atoms with Crippen LogP contribution in [0.2, 0.25) is 0 Å². The lowest BCUT2D eigenvalue weighted by molar-refractivity contribution is -0.146. The number of carboxylic acids is 3. The van der Waals surface area contributed by atoms with E-state index in [4.69, 9.17) is 28.7 Å². The summed E-state index contributed by atoms with van der Waals surface area (Å²) in [6.07, 6.45) is -8.26. The molecule has 21 N–H and O–H groups in total. The predicted molar refractivity (Wildman–Crippen MR) is 259 cm³/mol. The molecule has 2 rings (SSSR count). The minimum atomic E-state index is -2.10. The van der Waals surface area contributed by atoms with Crippen molar-refractivity contribution in [3.05, 3.63) is 35.9 Å². The number of carbonyl (C=O) groups is 15. The van der Waals surface area contributed by atoms with Crippen molar-refractivity contribution in [1.82, 2.24) is 42.1 Å². The van der Waals surface area contributed by atoms with Crippen LogP contribution in [0.4, 0.5) is 0 Å². The van der Waals surface area contributed by atoms with Gasteiger partial charge >= 0.3 is 17.9 Å². The maximum atomic E-state index is 14.1. The van der Waals surface area contributed by atoms with Crippen LogP contribution in [0.1, 0.15) is 83.1 Å². The number of amides is 12. The van der Waals surface area contributed by atoms with Gasteiger partial charge in [-0.25, -0.2) is 4.79 Å². The van der Waals surface area contributed by atoms with Crippen LogP contribution in [0.3, 0.4) is 0 Å². The molecule has 1 aliphatic rings. The lowest BCUT2D eigenvalue weighted by Crippen LogP contribution is -2.61. The number of primary amides is 4. The number of hydrogen-bond acceptors (Lipinski definition) is 17. The fourth-order valence-corrected chi connectivity index (χ4v) is 7.56. The highest BCUT2D eigenvalue weighted by molar-refractivity contribution is 6.01. The SMILES string of the molecule is C[C@@H](O)[C@H](NC(=O)[C@H](Cc1ccccc1)NC(=O)[C@@H]1CCCN1C(=O)[C@H](CC(=O)O)NC(=O)[C@H](CCC(=O)O)NC(=O)[C@H](CC(N)=O)NC(=O)[C@H](CC(N)=O)NC(=O)[C@H](CCC(N)=O)NC(=O)[C@@H](N)CCC(N)=O)C(=O)O. The Labute approximate surface area is 438 Å². The van der Waals surface area contributed by atoms with E-state index >= 15 is 0 Å².